The fourth-order valence-electron chi connectivity index (χ4n) is 3.00. The molecule has 1 aromatic heterocycles. The molecule has 0 saturated carbocycles. The van der Waals surface area contributed by atoms with Crippen molar-refractivity contribution < 1.29 is 13.2 Å². The molecule has 1 fully saturated rings. The number of carbonyl (C=O) groups excluding carboxylic acids is 1. The molecule has 6 heteroatoms. The Bertz CT molecular complexity index is 787. The van der Waals surface area contributed by atoms with Crippen molar-refractivity contribution >= 4 is 27.1 Å². The van der Waals surface area contributed by atoms with E-state index in [0.717, 1.165) is 16.0 Å². The van der Waals surface area contributed by atoms with Gasteiger partial charge in [0.2, 0.25) is 10.0 Å². The van der Waals surface area contributed by atoms with Gasteiger partial charge in [0.1, 0.15) is 0 Å². The number of hydrogen-bond acceptors (Lipinski definition) is 4. The largest absolute Gasteiger partial charge is 0.293 e. The number of aryl methyl sites for hydroxylation is 1. The monoisotopic (exact) mass is 363 g/mol. The number of rotatable bonds is 5. The molecule has 0 spiro atoms. The van der Waals surface area contributed by atoms with Crippen molar-refractivity contribution in [1.29, 1.82) is 0 Å². The van der Waals surface area contributed by atoms with Gasteiger partial charge in [0.15, 0.2) is 5.78 Å². The summed E-state index contributed by atoms with van der Waals surface area (Å²) < 4.78 is 26.7. The van der Waals surface area contributed by atoms with Crippen molar-refractivity contribution in [3.63, 3.8) is 0 Å². The second-order valence-electron chi connectivity index (χ2n) is 6.26. The zero-order valence-corrected chi connectivity index (χ0v) is 15.3. The molecule has 3 rings (SSSR count). The topological polar surface area (TPSA) is 54.5 Å². The number of carbonyl (C=O) groups is 1. The quantitative estimate of drug-likeness (QED) is 0.764. The molecule has 0 N–H and O–H groups in total. The summed E-state index contributed by atoms with van der Waals surface area (Å²) in [6, 6.07) is 11.3. The summed E-state index contributed by atoms with van der Waals surface area (Å²) in [6.07, 6.45) is 1.20. The van der Waals surface area contributed by atoms with Gasteiger partial charge in [-0.1, -0.05) is 35.9 Å². The predicted octanol–water partition coefficient (Wildman–Crippen LogP) is 3.48. The van der Waals surface area contributed by atoms with E-state index in [9.17, 15) is 13.2 Å². The summed E-state index contributed by atoms with van der Waals surface area (Å²) in [6.45, 7) is 2.83. The number of benzene rings is 1. The van der Waals surface area contributed by atoms with E-state index in [2.05, 4.69) is 0 Å². The number of thiophene rings is 1. The van der Waals surface area contributed by atoms with Crippen LogP contribution in [0.1, 0.15) is 33.6 Å². The molecular weight excluding hydrogens is 342 g/mol. The molecule has 2 aromatic rings. The maximum atomic E-state index is 12.6. The van der Waals surface area contributed by atoms with E-state index in [4.69, 9.17) is 0 Å². The molecule has 0 aliphatic carbocycles. The predicted molar refractivity (Wildman–Crippen MR) is 96.7 cm³/mol. The molecule has 4 nitrogen and oxygen atoms in total. The van der Waals surface area contributed by atoms with E-state index in [-0.39, 0.29) is 17.5 Å². The second kappa shape index (κ2) is 7.17. The van der Waals surface area contributed by atoms with Gasteiger partial charge in [0, 0.05) is 19.0 Å². The minimum Gasteiger partial charge on any atom is -0.293 e. The summed E-state index contributed by atoms with van der Waals surface area (Å²) in [7, 11) is -3.33. The maximum Gasteiger partial charge on any atom is 0.218 e. The third-order valence-corrected chi connectivity index (χ3v) is 7.19. The number of ketones is 1. The van der Waals surface area contributed by atoms with Crippen LogP contribution in [0.5, 0.6) is 0 Å². The molecule has 1 saturated heterocycles. The fourth-order valence-corrected chi connectivity index (χ4v) is 5.31. The van der Waals surface area contributed by atoms with Gasteiger partial charge in [-0.05, 0) is 36.8 Å². The molecule has 1 aliphatic rings. The Balaban J connectivity index is 1.61. The van der Waals surface area contributed by atoms with Crippen LogP contribution in [-0.4, -0.2) is 31.6 Å². The zero-order chi connectivity index (χ0) is 17.2. The van der Waals surface area contributed by atoms with Crippen molar-refractivity contribution in [3.05, 3.63) is 57.8 Å². The molecule has 0 atom stereocenters. The highest BCUT2D eigenvalue weighted by Crippen LogP contribution is 2.26. The van der Waals surface area contributed by atoms with Crippen molar-refractivity contribution in [3.8, 4) is 0 Å². The lowest BCUT2D eigenvalue weighted by Crippen LogP contribution is -2.40. The highest BCUT2D eigenvalue weighted by molar-refractivity contribution is 7.88. The molecule has 1 aromatic carbocycles. The Morgan fingerprint density at radius 1 is 1.17 bits per heavy atom. The van der Waals surface area contributed by atoms with Gasteiger partial charge in [0.25, 0.3) is 0 Å². The molecule has 128 valence electrons. The third-order valence-electron chi connectivity index (χ3n) is 4.45. The summed E-state index contributed by atoms with van der Waals surface area (Å²) in [5.74, 6) is 0.117. The van der Waals surface area contributed by atoms with Crippen LogP contribution in [0.25, 0.3) is 0 Å². The standard InChI is InChI=1S/C18H21NO3S2/c1-14-4-6-15(7-5-14)13-24(21,22)19-10-8-16(9-11-19)18(20)17-3-2-12-23-17/h2-7,12,16H,8-11,13H2,1H3. The van der Waals surface area contributed by atoms with Crippen molar-refractivity contribution in [2.45, 2.75) is 25.5 Å². The molecule has 1 aliphatic heterocycles. The van der Waals surface area contributed by atoms with Crippen molar-refractivity contribution in [2.24, 2.45) is 5.92 Å². The second-order valence-corrected chi connectivity index (χ2v) is 9.17. The normalized spacial score (nSPS) is 17.0. The smallest absolute Gasteiger partial charge is 0.218 e. The van der Waals surface area contributed by atoms with E-state index >= 15 is 0 Å². The van der Waals surface area contributed by atoms with E-state index in [0.29, 0.717) is 25.9 Å². The molecule has 24 heavy (non-hydrogen) atoms. The zero-order valence-electron chi connectivity index (χ0n) is 13.6. The Hall–Kier alpha value is -1.50. The first-order valence-corrected chi connectivity index (χ1v) is 10.6. The highest BCUT2D eigenvalue weighted by atomic mass is 32.2. The summed E-state index contributed by atoms with van der Waals surface area (Å²) >= 11 is 1.45. The van der Waals surface area contributed by atoms with Crippen LogP contribution in [-0.2, 0) is 15.8 Å². The van der Waals surface area contributed by atoms with Gasteiger partial charge < -0.3 is 0 Å². The molecule has 2 heterocycles. The van der Waals surface area contributed by atoms with Gasteiger partial charge in [0.05, 0.1) is 10.6 Å². The van der Waals surface area contributed by atoms with Gasteiger partial charge in [-0.15, -0.1) is 11.3 Å². The minimum absolute atomic E-state index is 0.0246. The van der Waals surface area contributed by atoms with E-state index < -0.39 is 10.0 Å². The third kappa shape index (κ3) is 3.94. The van der Waals surface area contributed by atoms with Crippen LogP contribution in [0.2, 0.25) is 0 Å². The fraction of sp³-hybridized carbons (Fsp3) is 0.389. The molecular formula is C18H21NO3S2. The van der Waals surface area contributed by atoms with Crippen LogP contribution in [0, 0.1) is 12.8 Å². The van der Waals surface area contributed by atoms with Gasteiger partial charge in [-0.2, -0.15) is 0 Å². The Kier molecular flexibility index (Phi) is 5.18. The summed E-state index contributed by atoms with van der Waals surface area (Å²) in [5.41, 5.74) is 1.92. The lowest BCUT2D eigenvalue weighted by Gasteiger charge is -2.30. The first-order valence-electron chi connectivity index (χ1n) is 8.07. The van der Waals surface area contributed by atoms with Gasteiger partial charge in [-0.25, -0.2) is 12.7 Å². The van der Waals surface area contributed by atoms with Gasteiger partial charge in [-0.3, -0.25) is 4.79 Å². The van der Waals surface area contributed by atoms with Crippen LogP contribution in [0.15, 0.2) is 41.8 Å². The molecule has 0 unspecified atom stereocenters. The van der Waals surface area contributed by atoms with E-state index in [1.165, 1.54) is 15.6 Å². The van der Waals surface area contributed by atoms with Crippen LogP contribution in [0.4, 0.5) is 0 Å². The lowest BCUT2D eigenvalue weighted by atomic mass is 9.93. The molecule has 0 bridgehead atoms. The summed E-state index contributed by atoms with van der Waals surface area (Å²) in [5, 5.41) is 1.90. The van der Waals surface area contributed by atoms with E-state index in [1.54, 1.807) is 0 Å². The van der Waals surface area contributed by atoms with Crippen LogP contribution >= 0.6 is 11.3 Å². The van der Waals surface area contributed by atoms with Crippen LogP contribution < -0.4 is 0 Å². The van der Waals surface area contributed by atoms with Crippen LogP contribution in [0.3, 0.4) is 0 Å². The maximum absolute atomic E-state index is 12.6. The minimum atomic E-state index is -3.33. The number of nitrogens with zero attached hydrogens (tertiary/aromatic N) is 1. The van der Waals surface area contributed by atoms with E-state index in [1.807, 2.05) is 48.7 Å². The number of piperidine rings is 1. The Morgan fingerprint density at radius 2 is 1.83 bits per heavy atom. The van der Waals surface area contributed by atoms with Crippen molar-refractivity contribution in [1.82, 2.24) is 4.31 Å². The van der Waals surface area contributed by atoms with Crippen molar-refractivity contribution in [2.75, 3.05) is 13.1 Å². The average molecular weight is 364 g/mol. The lowest BCUT2D eigenvalue weighted by molar-refractivity contribution is 0.0879. The SMILES string of the molecule is Cc1ccc(CS(=O)(=O)N2CCC(C(=O)c3cccs3)CC2)cc1. The average Bonchev–Trinajstić information content (AvgIpc) is 3.11. The molecule has 0 amide bonds. The first-order chi connectivity index (χ1) is 11.5. The Labute approximate surface area is 147 Å². The summed E-state index contributed by atoms with van der Waals surface area (Å²) in [4.78, 5) is 13.2. The Morgan fingerprint density at radius 3 is 2.42 bits per heavy atom. The first kappa shape index (κ1) is 17.3. The van der Waals surface area contributed by atoms with Gasteiger partial charge >= 0.3 is 0 Å². The number of sulfonamides is 1. The highest BCUT2D eigenvalue weighted by Gasteiger charge is 2.31. The number of Topliss-reactive ketones (excluding diaryl/α,β-unsaturated/α-hetero) is 1. The number of hydrogen-bond donors (Lipinski definition) is 0. The molecule has 0 radical (unpaired) electrons.